The van der Waals surface area contributed by atoms with Crippen molar-refractivity contribution in [2.45, 2.75) is 21.1 Å². The highest BCUT2D eigenvalue weighted by Crippen LogP contribution is 2.41. The summed E-state index contributed by atoms with van der Waals surface area (Å²) >= 11 is 0. The van der Waals surface area contributed by atoms with Crippen LogP contribution in [-0.4, -0.2) is 47.6 Å². The molecule has 0 saturated heterocycles. The lowest BCUT2D eigenvalue weighted by Gasteiger charge is -2.23. The lowest BCUT2D eigenvalue weighted by molar-refractivity contribution is -0.387. The summed E-state index contributed by atoms with van der Waals surface area (Å²) in [6, 6.07) is 19.4. The van der Waals surface area contributed by atoms with Gasteiger partial charge in [0.05, 0.1) is 37.6 Å². The summed E-state index contributed by atoms with van der Waals surface area (Å²) in [5.41, 5.74) is -0.454. The molecule has 2 aliphatic rings. The Hall–Kier alpha value is -3.91. The molecule has 13 heteroatoms. The number of allylic oxidation sites excluding steroid dienone is 4. The fraction of sp³-hybridized carbons (Fsp3) is 0.111. The second kappa shape index (κ2) is 10.2. The fourth-order valence-corrected chi connectivity index (χ4v) is 9.63. The number of hydrogen-bond acceptors (Lipinski definition) is 8. The van der Waals surface area contributed by atoms with Crippen LogP contribution in [0.4, 0.5) is 5.69 Å². The van der Waals surface area contributed by atoms with Crippen molar-refractivity contribution in [1.29, 1.82) is 0 Å². The van der Waals surface area contributed by atoms with Gasteiger partial charge in [-0.25, -0.2) is 25.3 Å². The van der Waals surface area contributed by atoms with Crippen LogP contribution in [0, 0.1) is 10.1 Å². The number of fused-ring (bicyclic) bond motifs is 1. The molecule has 0 radical (unpaired) electrons. The van der Waals surface area contributed by atoms with E-state index in [-0.39, 0.29) is 37.2 Å². The van der Waals surface area contributed by atoms with E-state index in [0.717, 1.165) is 12.1 Å². The average molecular weight is 599 g/mol. The fourth-order valence-electron chi connectivity index (χ4n) is 4.68. The van der Waals surface area contributed by atoms with Crippen LogP contribution in [-0.2, 0) is 29.7 Å². The molecule has 0 unspecified atom stereocenters. The molecule has 0 amide bonds. The third-order valence-electron chi connectivity index (χ3n) is 6.64. The van der Waals surface area contributed by atoms with E-state index < -0.39 is 58.3 Å². The largest absolute Gasteiger partial charge is 0.289 e. The van der Waals surface area contributed by atoms with Crippen molar-refractivity contribution in [1.82, 2.24) is 4.31 Å². The summed E-state index contributed by atoms with van der Waals surface area (Å²) in [5, 5.41) is 11.7. The van der Waals surface area contributed by atoms with Crippen molar-refractivity contribution in [3.8, 4) is 0 Å². The van der Waals surface area contributed by atoms with Gasteiger partial charge in [0.15, 0.2) is 4.90 Å². The summed E-state index contributed by atoms with van der Waals surface area (Å²) in [6.45, 7) is -1.46. The smallest absolute Gasteiger partial charge is 0.258 e. The van der Waals surface area contributed by atoms with Gasteiger partial charge in [-0.1, -0.05) is 60.7 Å². The zero-order chi connectivity index (χ0) is 28.7. The van der Waals surface area contributed by atoms with Gasteiger partial charge in [-0.15, -0.1) is 0 Å². The first-order chi connectivity index (χ1) is 19.0. The maximum atomic E-state index is 14.0. The molecule has 0 spiro atoms. The summed E-state index contributed by atoms with van der Waals surface area (Å²) in [5.74, 6) is 0. The van der Waals surface area contributed by atoms with Crippen LogP contribution in [0.5, 0.6) is 0 Å². The van der Waals surface area contributed by atoms with Gasteiger partial charge in [0, 0.05) is 6.07 Å². The molecular weight excluding hydrogens is 577 g/mol. The Morgan fingerprint density at radius 2 is 1.18 bits per heavy atom. The first-order valence-electron chi connectivity index (χ1n) is 11.9. The van der Waals surface area contributed by atoms with Gasteiger partial charge < -0.3 is 0 Å². The highest BCUT2D eigenvalue weighted by Gasteiger charge is 2.41. The van der Waals surface area contributed by atoms with Gasteiger partial charge in [0.25, 0.3) is 15.7 Å². The summed E-state index contributed by atoms with van der Waals surface area (Å²) in [7, 11) is -13.4. The van der Waals surface area contributed by atoms with Crippen LogP contribution in [0.1, 0.15) is 6.42 Å². The van der Waals surface area contributed by atoms with Gasteiger partial charge in [0.2, 0.25) is 19.7 Å². The quantitative estimate of drug-likeness (QED) is 0.293. The number of sulfonamides is 1. The Morgan fingerprint density at radius 3 is 1.75 bits per heavy atom. The first-order valence-corrected chi connectivity index (χ1v) is 16.3. The molecule has 0 fully saturated rings. The van der Waals surface area contributed by atoms with Gasteiger partial charge in [-0.05, 0) is 47.9 Å². The molecule has 40 heavy (non-hydrogen) atoms. The summed E-state index contributed by atoms with van der Waals surface area (Å²) in [6.07, 6.45) is 3.16. The summed E-state index contributed by atoms with van der Waals surface area (Å²) in [4.78, 5) is 9.36. The molecule has 3 aromatic carbocycles. The third-order valence-corrected chi connectivity index (χ3v) is 12.3. The highest BCUT2D eigenvalue weighted by molar-refractivity contribution is 7.96. The maximum absolute atomic E-state index is 14.0. The predicted octanol–water partition coefficient (Wildman–Crippen LogP) is 4.02. The zero-order valence-corrected chi connectivity index (χ0v) is 23.2. The third kappa shape index (κ3) is 4.70. The topological polar surface area (TPSA) is 149 Å². The monoisotopic (exact) mass is 598 g/mol. The minimum absolute atomic E-state index is 0.0594. The van der Waals surface area contributed by atoms with Gasteiger partial charge in [-0.3, -0.25) is 10.1 Å². The number of nitrogens with zero attached hydrogens (tertiary/aromatic N) is 2. The van der Waals surface area contributed by atoms with E-state index >= 15 is 0 Å². The Labute approximate surface area is 231 Å². The lowest BCUT2D eigenvalue weighted by atomic mass is 10.1. The van der Waals surface area contributed by atoms with Crippen LogP contribution in [0.15, 0.2) is 133 Å². The first kappa shape index (κ1) is 27.6. The Morgan fingerprint density at radius 1 is 0.675 bits per heavy atom. The lowest BCUT2D eigenvalue weighted by Crippen LogP contribution is -2.36. The van der Waals surface area contributed by atoms with Crippen molar-refractivity contribution in [3.63, 3.8) is 0 Å². The van der Waals surface area contributed by atoms with Gasteiger partial charge >= 0.3 is 0 Å². The molecule has 0 N–H and O–H groups in total. The average Bonchev–Trinajstić information content (AvgIpc) is 3.35. The molecule has 0 aromatic heterocycles. The van der Waals surface area contributed by atoms with E-state index in [9.17, 15) is 35.4 Å². The number of para-hydroxylation sites is 1. The molecule has 0 atom stereocenters. The molecule has 1 aliphatic heterocycles. The highest BCUT2D eigenvalue weighted by atomic mass is 32.2. The minimum Gasteiger partial charge on any atom is -0.258 e. The van der Waals surface area contributed by atoms with Crippen molar-refractivity contribution in [3.05, 3.63) is 128 Å². The second-order valence-corrected chi connectivity index (χ2v) is 14.8. The van der Waals surface area contributed by atoms with E-state index in [2.05, 4.69) is 0 Å². The van der Waals surface area contributed by atoms with Crippen LogP contribution in [0.3, 0.4) is 0 Å². The number of nitro benzene ring substituents is 1. The predicted molar refractivity (Wildman–Crippen MR) is 147 cm³/mol. The number of hydrogen-bond donors (Lipinski definition) is 0. The molecule has 1 aliphatic carbocycles. The molecule has 0 saturated carbocycles. The summed E-state index contributed by atoms with van der Waals surface area (Å²) < 4.78 is 84.2. The SMILES string of the molecule is O=[N+]([O-])c1ccccc1S(=O)(=O)N1CC(S(=O)(=O)c2ccccc2)=C2C=CCC2=C(S(=O)(=O)c2ccccc2)C1. The van der Waals surface area contributed by atoms with Crippen molar-refractivity contribution in [2.24, 2.45) is 0 Å². The van der Waals surface area contributed by atoms with Gasteiger partial charge in [0.1, 0.15) is 0 Å². The standard InChI is InChI=1S/C27H22N2O8S3/c30-29(31)24-16-7-8-17-25(24)40(36,37)28-18-26(38(32,33)20-10-3-1-4-11-20)22-14-9-15-23(22)27(19-28)39(34,35)21-12-5-2-6-13-21/h1-14,16-17H,15,18-19H2. The molecule has 3 aromatic rings. The van der Waals surface area contributed by atoms with E-state index in [4.69, 9.17) is 0 Å². The molecule has 206 valence electrons. The maximum Gasteiger partial charge on any atom is 0.289 e. The van der Waals surface area contributed by atoms with Crippen molar-refractivity contribution < 1.29 is 30.2 Å². The van der Waals surface area contributed by atoms with E-state index in [1.54, 1.807) is 18.2 Å². The number of rotatable bonds is 7. The number of nitro groups is 1. The molecule has 1 heterocycles. The Balaban J connectivity index is 1.80. The van der Waals surface area contributed by atoms with Crippen LogP contribution >= 0.6 is 0 Å². The Kier molecular flexibility index (Phi) is 7.08. The minimum atomic E-state index is -4.77. The molecular formula is C27H22N2O8S3. The van der Waals surface area contributed by atoms with E-state index in [1.165, 1.54) is 66.7 Å². The zero-order valence-electron chi connectivity index (χ0n) is 20.7. The normalized spacial score (nSPS) is 16.6. The van der Waals surface area contributed by atoms with Crippen LogP contribution in [0.2, 0.25) is 0 Å². The number of benzene rings is 3. The van der Waals surface area contributed by atoms with E-state index in [0.29, 0.717) is 4.31 Å². The second-order valence-electron chi connectivity index (χ2n) is 8.98. The Bertz CT molecular complexity index is 1930. The van der Waals surface area contributed by atoms with Gasteiger partial charge in [-0.2, -0.15) is 4.31 Å². The molecule has 10 nitrogen and oxygen atoms in total. The van der Waals surface area contributed by atoms with Crippen molar-refractivity contribution >= 4 is 35.4 Å². The van der Waals surface area contributed by atoms with Crippen molar-refractivity contribution in [2.75, 3.05) is 13.1 Å². The molecule has 0 bridgehead atoms. The van der Waals surface area contributed by atoms with Crippen LogP contribution < -0.4 is 0 Å². The number of sulfone groups is 2. The van der Waals surface area contributed by atoms with E-state index in [1.807, 2.05) is 0 Å². The van der Waals surface area contributed by atoms with Crippen LogP contribution in [0.25, 0.3) is 0 Å². The molecule has 5 rings (SSSR count).